The molecule has 3 rings (SSSR count). The van der Waals surface area contributed by atoms with Crippen molar-refractivity contribution < 1.29 is 4.79 Å². The average molecular weight is 363 g/mol. The van der Waals surface area contributed by atoms with Gasteiger partial charge in [-0.05, 0) is 31.5 Å². The molecule has 0 bridgehead atoms. The van der Waals surface area contributed by atoms with Gasteiger partial charge in [0.05, 0.1) is 10.9 Å². The van der Waals surface area contributed by atoms with E-state index in [1.165, 1.54) is 15.7 Å². The summed E-state index contributed by atoms with van der Waals surface area (Å²) in [5.74, 6) is 0.338. The van der Waals surface area contributed by atoms with Gasteiger partial charge in [0, 0.05) is 12.0 Å². The zero-order valence-electron chi connectivity index (χ0n) is 16.2. The van der Waals surface area contributed by atoms with Crippen LogP contribution in [0.15, 0.2) is 53.3 Å². The number of hydrogen-bond donors (Lipinski definition) is 1. The van der Waals surface area contributed by atoms with Crippen molar-refractivity contribution in [3.63, 3.8) is 0 Å². The van der Waals surface area contributed by atoms with Crippen molar-refractivity contribution in [1.29, 1.82) is 0 Å². The Labute approximate surface area is 159 Å². The van der Waals surface area contributed by atoms with Crippen LogP contribution in [0.25, 0.3) is 10.9 Å². The molecule has 0 unspecified atom stereocenters. The van der Waals surface area contributed by atoms with Gasteiger partial charge in [0.25, 0.3) is 5.56 Å². The maximum atomic E-state index is 12.7. The number of carbonyl (C=O) groups excluding carboxylic acids is 1. The van der Waals surface area contributed by atoms with Crippen LogP contribution in [-0.4, -0.2) is 22.0 Å². The first kappa shape index (κ1) is 18.8. The summed E-state index contributed by atoms with van der Waals surface area (Å²) in [4.78, 5) is 29.6. The Balaban J connectivity index is 1.75. The van der Waals surface area contributed by atoms with Gasteiger partial charge >= 0.3 is 0 Å². The van der Waals surface area contributed by atoms with Gasteiger partial charge < -0.3 is 5.32 Å². The Bertz CT molecular complexity index is 1050. The van der Waals surface area contributed by atoms with Gasteiger partial charge in [0.2, 0.25) is 5.91 Å². The van der Waals surface area contributed by atoms with Crippen molar-refractivity contribution in [3.05, 3.63) is 75.8 Å². The Morgan fingerprint density at radius 3 is 2.59 bits per heavy atom. The topological polar surface area (TPSA) is 64.0 Å². The maximum Gasteiger partial charge on any atom is 0.261 e. The molecule has 140 valence electrons. The van der Waals surface area contributed by atoms with E-state index in [1.807, 2.05) is 12.1 Å². The molecule has 0 aliphatic carbocycles. The highest BCUT2D eigenvalue weighted by Crippen LogP contribution is 2.23. The third-order valence-corrected chi connectivity index (χ3v) is 4.88. The molecule has 27 heavy (non-hydrogen) atoms. The lowest BCUT2D eigenvalue weighted by molar-refractivity contribution is -0.122. The van der Waals surface area contributed by atoms with Crippen LogP contribution in [0.2, 0.25) is 0 Å². The lowest BCUT2D eigenvalue weighted by Gasteiger charge is -2.26. The molecule has 1 amide bonds. The van der Waals surface area contributed by atoms with E-state index in [1.54, 1.807) is 25.1 Å². The predicted molar refractivity (Wildman–Crippen MR) is 108 cm³/mol. The first-order chi connectivity index (χ1) is 12.8. The third kappa shape index (κ3) is 4.08. The Morgan fingerprint density at radius 2 is 1.85 bits per heavy atom. The average Bonchev–Trinajstić information content (AvgIpc) is 2.63. The highest BCUT2D eigenvalue weighted by atomic mass is 16.2. The molecule has 0 aliphatic heterocycles. The fourth-order valence-corrected chi connectivity index (χ4v) is 3.15. The molecule has 0 saturated carbocycles. The van der Waals surface area contributed by atoms with Crippen LogP contribution in [0.5, 0.6) is 0 Å². The summed E-state index contributed by atoms with van der Waals surface area (Å²) in [7, 11) is 0. The summed E-state index contributed by atoms with van der Waals surface area (Å²) in [5.41, 5.74) is 2.62. The van der Waals surface area contributed by atoms with Crippen LogP contribution >= 0.6 is 0 Å². The minimum Gasteiger partial charge on any atom is -0.354 e. The molecule has 1 heterocycles. The normalized spacial score (nSPS) is 11.6. The number of nitrogens with one attached hydrogen (secondary N) is 1. The van der Waals surface area contributed by atoms with Crippen LogP contribution < -0.4 is 10.9 Å². The number of nitrogens with zero attached hydrogens (tertiary/aromatic N) is 2. The molecule has 0 fully saturated rings. The fourth-order valence-electron chi connectivity index (χ4n) is 3.15. The monoisotopic (exact) mass is 363 g/mol. The molecule has 0 radical (unpaired) electrons. The zero-order valence-corrected chi connectivity index (χ0v) is 16.2. The molecule has 0 aliphatic rings. The van der Waals surface area contributed by atoms with Gasteiger partial charge in [-0.1, -0.05) is 55.8 Å². The molecule has 0 spiro atoms. The SMILES string of the molecule is Cc1cccc(C(C)(C)CNC(=O)Cn2c(C)nc3ccccc3c2=O)c1. The van der Waals surface area contributed by atoms with Crippen LogP contribution in [-0.2, 0) is 16.8 Å². The number of amides is 1. The lowest BCUT2D eigenvalue weighted by atomic mass is 9.84. The first-order valence-electron chi connectivity index (χ1n) is 9.08. The van der Waals surface area contributed by atoms with Crippen molar-refractivity contribution in [2.45, 2.75) is 39.7 Å². The minimum atomic E-state index is -0.205. The number of aromatic nitrogens is 2. The maximum absolute atomic E-state index is 12.7. The Morgan fingerprint density at radius 1 is 1.11 bits per heavy atom. The number of rotatable bonds is 5. The van der Waals surface area contributed by atoms with E-state index in [0.717, 1.165) is 0 Å². The summed E-state index contributed by atoms with van der Waals surface area (Å²) in [5, 5.41) is 3.49. The van der Waals surface area contributed by atoms with Gasteiger partial charge in [-0.2, -0.15) is 0 Å². The van der Waals surface area contributed by atoms with Crippen molar-refractivity contribution in [1.82, 2.24) is 14.9 Å². The largest absolute Gasteiger partial charge is 0.354 e. The van der Waals surface area contributed by atoms with Gasteiger partial charge in [0.15, 0.2) is 0 Å². The molecule has 0 saturated heterocycles. The van der Waals surface area contributed by atoms with E-state index >= 15 is 0 Å². The Hall–Kier alpha value is -2.95. The highest BCUT2D eigenvalue weighted by molar-refractivity contribution is 5.79. The van der Waals surface area contributed by atoms with Crippen molar-refractivity contribution in [3.8, 4) is 0 Å². The predicted octanol–water partition coefficient (Wildman–Crippen LogP) is 3.11. The fraction of sp³-hybridized carbons (Fsp3) is 0.318. The van der Waals surface area contributed by atoms with Crippen molar-refractivity contribution in [2.75, 3.05) is 6.54 Å². The summed E-state index contributed by atoms with van der Waals surface area (Å²) in [6, 6.07) is 15.5. The number of carbonyl (C=O) groups is 1. The van der Waals surface area contributed by atoms with Crippen molar-refractivity contribution in [2.24, 2.45) is 0 Å². The number of hydrogen-bond acceptors (Lipinski definition) is 3. The number of aryl methyl sites for hydroxylation is 2. The molecule has 3 aromatic rings. The van der Waals surface area contributed by atoms with Crippen LogP contribution in [0.3, 0.4) is 0 Å². The third-order valence-electron chi connectivity index (χ3n) is 4.88. The molecule has 2 aromatic carbocycles. The van der Waals surface area contributed by atoms with E-state index in [4.69, 9.17) is 0 Å². The van der Waals surface area contributed by atoms with Gasteiger partial charge in [-0.15, -0.1) is 0 Å². The highest BCUT2D eigenvalue weighted by Gasteiger charge is 2.22. The van der Waals surface area contributed by atoms with Gasteiger partial charge in [0.1, 0.15) is 12.4 Å². The van der Waals surface area contributed by atoms with Crippen molar-refractivity contribution >= 4 is 16.8 Å². The summed E-state index contributed by atoms with van der Waals surface area (Å²) in [6.45, 7) is 8.45. The molecular formula is C22H25N3O2. The number of para-hydroxylation sites is 1. The van der Waals surface area contributed by atoms with E-state index < -0.39 is 0 Å². The van der Waals surface area contributed by atoms with E-state index in [0.29, 0.717) is 23.3 Å². The van der Waals surface area contributed by atoms with Gasteiger partial charge in [-0.3, -0.25) is 14.2 Å². The molecular weight excluding hydrogens is 338 g/mol. The van der Waals surface area contributed by atoms with E-state index in [9.17, 15) is 9.59 Å². The minimum absolute atomic E-state index is 0.0353. The summed E-state index contributed by atoms with van der Waals surface area (Å²) in [6.07, 6.45) is 0. The Kier molecular flexibility index (Phi) is 5.13. The first-order valence-corrected chi connectivity index (χ1v) is 9.08. The molecule has 1 aromatic heterocycles. The molecule has 5 heteroatoms. The lowest BCUT2D eigenvalue weighted by Crippen LogP contribution is -2.40. The molecule has 1 N–H and O–H groups in total. The van der Waals surface area contributed by atoms with Crippen LogP contribution in [0, 0.1) is 13.8 Å². The van der Waals surface area contributed by atoms with E-state index in [-0.39, 0.29) is 23.4 Å². The quantitative estimate of drug-likeness (QED) is 0.758. The molecule has 0 atom stereocenters. The second kappa shape index (κ2) is 7.35. The number of fused-ring (bicyclic) bond motifs is 1. The second-order valence-corrected chi connectivity index (χ2v) is 7.60. The smallest absolute Gasteiger partial charge is 0.261 e. The number of benzene rings is 2. The standard InChI is InChI=1S/C22H25N3O2/c1-15-8-7-9-17(12-15)22(3,4)14-23-20(26)13-25-16(2)24-19-11-6-5-10-18(19)21(25)27/h5-12H,13-14H2,1-4H3,(H,23,26). The second-order valence-electron chi connectivity index (χ2n) is 7.60. The summed E-state index contributed by atoms with van der Waals surface area (Å²) < 4.78 is 1.43. The zero-order chi connectivity index (χ0) is 19.6. The van der Waals surface area contributed by atoms with Gasteiger partial charge in [-0.25, -0.2) is 4.98 Å². The summed E-state index contributed by atoms with van der Waals surface area (Å²) >= 11 is 0. The van der Waals surface area contributed by atoms with Crippen LogP contribution in [0.4, 0.5) is 0 Å². The molecule has 5 nitrogen and oxygen atoms in total. The van der Waals surface area contributed by atoms with Crippen LogP contribution in [0.1, 0.15) is 30.8 Å². The van der Waals surface area contributed by atoms with E-state index in [2.05, 4.69) is 49.3 Å².